The van der Waals surface area contributed by atoms with Crippen LogP contribution in [0.15, 0.2) is 40.0 Å². The van der Waals surface area contributed by atoms with Gasteiger partial charge in [-0.1, -0.05) is 17.8 Å². The number of aromatic nitrogens is 2. The predicted octanol–water partition coefficient (Wildman–Crippen LogP) is 5.28. The summed E-state index contributed by atoms with van der Waals surface area (Å²) in [4.78, 5) is 12.3. The highest BCUT2D eigenvalue weighted by Gasteiger charge is 2.19. The van der Waals surface area contributed by atoms with Gasteiger partial charge in [-0.25, -0.2) is 0 Å². The lowest BCUT2D eigenvalue weighted by atomic mass is 10.1. The summed E-state index contributed by atoms with van der Waals surface area (Å²) < 4.78 is 23.0. The van der Waals surface area contributed by atoms with Gasteiger partial charge in [-0.15, -0.1) is 10.2 Å². The van der Waals surface area contributed by atoms with E-state index in [1.165, 1.54) is 11.8 Å². The first-order valence-electron chi connectivity index (χ1n) is 10.8. The molecular weight excluding hydrogens is 442 g/mol. The minimum Gasteiger partial charge on any atom is -0.490 e. The molecule has 0 spiro atoms. The number of rotatable bonds is 11. The van der Waals surface area contributed by atoms with Gasteiger partial charge in [0, 0.05) is 11.3 Å². The molecule has 2 aromatic carbocycles. The van der Waals surface area contributed by atoms with Crippen LogP contribution in [0.5, 0.6) is 17.2 Å². The molecule has 0 fully saturated rings. The van der Waals surface area contributed by atoms with Crippen LogP contribution in [-0.2, 0) is 4.79 Å². The van der Waals surface area contributed by atoms with Crippen LogP contribution < -0.4 is 19.5 Å². The van der Waals surface area contributed by atoms with Crippen molar-refractivity contribution in [1.82, 2.24) is 10.2 Å². The van der Waals surface area contributed by atoms with E-state index in [0.717, 1.165) is 16.8 Å². The number of benzene rings is 2. The zero-order valence-electron chi connectivity index (χ0n) is 19.6. The van der Waals surface area contributed by atoms with Crippen LogP contribution in [0.1, 0.15) is 31.9 Å². The van der Waals surface area contributed by atoms with E-state index in [2.05, 4.69) is 21.6 Å². The first-order chi connectivity index (χ1) is 15.9. The van der Waals surface area contributed by atoms with Crippen molar-refractivity contribution in [2.24, 2.45) is 0 Å². The lowest BCUT2D eigenvalue weighted by molar-refractivity contribution is -0.113. The number of carbonyl (C=O) groups is 1. The Bertz CT molecular complexity index is 1050. The van der Waals surface area contributed by atoms with Crippen molar-refractivity contribution in [3.05, 3.63) is 41.5 Å². The zero-order valence-corrected chi connectivity index (χ0v) is 20.4. The Morgan fingerprint density at radius 3 is 2.09 bits per heavy atom. The number of aryl methyl sites for hydroxylation is 2. The van der Waals surface area contributed by atoms with Gasteiger partial charge in [0.05, 0.1) is 25.6 Å². The molecule has 0 unspecified atom stereocenters. The number of carbonyl (C=O) groups excluding carboxylic acids is 1. The molecule has 1 heterocycles. The number of ether oxygens (including phenoxy) is 3. The topological polar surface area (TPSA) is 95.7 Å². The fourth-order valence-electron chi connectivity index (χ4n) is 3.27. The van der Waals surface area contributed by atoms with E-state index in [-0.39, 0.29) is 11.7 Å². The van der Waals surface area contributed by atoms with Gasteiger partial charge >= 0.3 is 0 Å². The normalized spacial score (nSPS) is 10.7. The van der Waals surface area contributed by atoms with Crippen molar-refractivity contribution in [2.45, 2.75) is 39.8 Å². The predicted molar refractivity (Wildman–Crippen MR) is 129 cm³/mol. The van der Waals surface area contributed by atoms with Crippen molar-refractivity contribution >= 4 is 23.4 Å². The van der Waals surface area contributed by atoms with Crippen LogP contribution in [-0.4, -0.2) is 41.7 Å². The minimum absolute atomic E-state index is 0.145. The van der Waals surface area contributed by atoms with E-state index in [9.17, 15) is 4.79 Å². The van der Waals surface area contributed by atoms with Gasteiger partial charge in [-0.3, -0.25) is 4.79 Å². The largest absolute Gasteiger partial charge is 0.490 e. The summed E-state index contributed by atoms with van der Waals surface area (Å²) in [6.45, 7) is 11.1. The van der Waals surface area contributed by atoms with Gasteiger partial charge < -0.3 is 23.9 Å². The summed E-state index contributed by atoms with van der Waals surface area (Å²) in [7, 11) is 0. The number of hydrogen-bond acceptors (Lipinski definition) is 8. The molecule has 8 nitrogen and oxygen atoms in total. The molecule has 1 aromatic heterocycles. The first kappa shape index (κ1) is 24.4. The highest BCUT2D eigenvalue weighted by atomic mass is 32.2. The Morgan fingerprint density at radius 2 is 1.52 bits per heavy atom. The molecule has 0 aliphatic carbocycles. The van der Waals surface area contributed by atoms with Gasteiger partial charge in [0.15, 0.2) is 11.5 Å². The van der Waals surface area contributed by atoms with E-state index in [4.69, 9.17) is 18.6 Å². The maximum Gasteiger partial charge on any atom is 0.277 e. The van der Waals surface area contributed by atoms with Crippen molar-refractivity contribution in [3.8, 4) is 28.7 Å². The number of anilines is 1. The standard InChI is InChI=1S/C24H29N3O5S/c1-6-29-19-12-17(13-20(30-7-2)22(19)31-8-3)23-26-27-24(32-23)33-14-21(28)25-18-10-15(4)9-16(5)11-18/h9-13H,6-8,14H2,1-5H3,(H,25,28). The highest BCUT2D eigenvalue weighted by Crippen LogP contribution is 2.42. The summed E-state index contributed by atoms with van der Waals surface area (Å²) >= 11 is 1.17. The molecule has 0 bridgehead atoms. The molecular formula is C24H29N3O5S. The Kier molecular flexibility index (Phi) is 8.59. The summed E-state index contributed by atoms with van der Waals surface area (Å²) in [6.07, 6.45) is 0. The van der Waals surface area contributed by atoms with Gasteiger partial charge in [0.1, 0.15) is 0 Å². The molecule has 0 radical (unpaired) electrons. The Hall–Kier alpha value is -3.20. The number of thioether (sulfide) groups is 1. The third-order valence-electron chi connectivity index (χ3n) is 4.39. The fourth-order valence-corrected chi connectivity index (χ4v) is 3.83. The maximum absolute atomic E-state index is 12.3. The van der Waals surface area contributed by atoms with E-state index in [1.54, 1.807) is 12.1 Å². The van der Waals surface area contributed by atoms with Gasteiger partial charge in [-0.2, -0.15) is 0 Å². The maximum atomic E-state index is 12.3. The summed E-state index contributed by atoms with van der Waals surface area (Å²) in [5, 5.41) is 11.4. The van der Waals surface area contributed by atoms with Crippen molar-refractivity contribution < 1.29 is 23.4 Å². The van der Waals surface area contributed by atoms with Crippen LogP contribution in [0.25, 0.3) is 11.5 Å². The zero-order chi connectivity index (χ0) is 23.8. The molecule has 176 valence electrons. The van der Waals surface area contributed by atoms with Gasteiger partial charge in [-0.05, 0) is 70.0 Å². The van der Waals surface area contributed by atoms with Crippen molar-refractivity contribution in [3.63, 3.8) is 0 Å². The fraction of sp³-hybridized carbons (Fsp3) is 0.375. The molecule has 0 atom stereocenters. The second kappa shape index (κ2) is 11.6. The van der Waals surface area contributed by atoms with Crippen LogP contribution >= 0.6 is 11.8 Å². The van der Waals surface area contributed by atoms with Gasteiger partial charge in [0.2, 0.25) is 17.5 Å². The monoisotopic (exact) mass is 471 g/mol. The molecule has 1 N–H and O–H groups in total. The summed E-state index contributed by atoms with van der Waals surface area (Å²) in [6, 6.07) is 9.48. The van der Waals surface area contributed by atoms with E-state index in [1.807, 2.05) is 46.8 Å². The third-order valence-corrected chi connectivity index (χ3v) is 5.21. The SMILES string of the molecule is CCOc1cc(-c2nnc(SCC(=O)Nc3cc(C)cc(C)c3)o2)cc(OCC)c1OCC. The lowest BCUT2D eigenvalue weighted by Gasteiger charge is -2.16. The Balaban J connectivity index is 1.73. The van der Waals surface area contributed by atoms with E-state index < -0.39 is 0 Å². The molecule has 3 aromatic rings. The average molecular weight is 472 g/mol. The minimum atomic E-state index is -0.150. The average Bonchev–Trinajstić information content (AvgIpc) is 3.23. The molecule has 9 heteroatoms. The third kappa shape index (κ3) is 6.64. The number of hydrogen-bond donors (Lipinski definition) is 1. The lowest BCUT2D eigenvalue weighted by Crippen LogP contribution is -2.14. The van der Waals surface area contributed by atoms with E-state index in [0.29, 0.717) is 53.7 Å². The molecule has 0 saturated carbocycles. The number of nitrogens with zero attached hydrogens (tertiary/aromatic N) is 2. The molecule has 0 aliphatic rings. The molecule has 0 aliphatic heterocycles. The molecule has 0 saturated heterocycles. The second-order valence-corrected chi connectivity index (χ2v) is 8.11. The highest BCUT2D eigenvalue weighted by molar-refractivity contribution is 7.99. The first-order valence-corrected chi connectivity index (χ1v) is 11.8. The Morgan fingerprint density at radius 1 is 0.909 bits per heavy atom. The number of nitrogens with one attached hydrogen (secondary N) is 1. The molecule has 1 amide bonds. The summed E-state index contributed by atoms with van der Waals surface area (Å²) in [5.41, 5.74) is 3.59. The molecule has 3 rings (SSSR count). The molecule has 33 heavy (non-hydrogen) atoms. The van der Waals surface area contributed by atoms with E-state index >= 15 is 0 Å². The van der Waals surface area contributed by atoms with Crippen LogP contribution in [0.2, 0.25) is 0 Å². The van der Waals surface area contributed by atoms with Crippen molar-refractivity contribution in [2.75, 3.05) is 30.9 Å². The van der Waals surface area contributed by atoms with Gasteiger partial charge in [0.25, 0.3) is 5.22 Å². The smallest absolute Gasteiger partial charge is 0.277 e. The van der Waals surface area contributed by atoms with Crippen LogP contribution in [0.3, 0.4) is 0 Å². The number of amides is 1. The van der Waals surface area contributed by atoms with Crippen molar-refractivity contribution in [1.29, 1.82) is 0 Å². The quantitative estimate of drug-likeness (QED) is 0.377. The van der Waals surface area contributed by atoms with Crippen LogP contribution in [0.4, 0.5) is 5.69 Å². The summed E-state index contributed by atoms with van der Waals surface area (Å²) in [5.74, 6) is 1.93. The second-order valence-electron chi connectivity index (χ2n) is 7.19. The Labute approximate surface area is 198 Å². The van der Waals surface area contributed by atoms with Crippen LogP contribution in [0, 0.1) is 13.8 Å².